The average Bonchev–Trinajstić information content (AvgIpc) is 2.84. The Morgan fingerprint density at radius 1 is 0.333 bits per heavy atom. The minimum atomic E-state index is -1.92. The summed E-state index contributed by atoms with van der Waals surface area (Å²) in [5, 5.41) is 0. The Hall–Kier alpha value is 0.137. The van der Waals surface area contributed by atoms with Crippen LogP contribution in [0, 0.1) is 0 Å². The summed E-state index contributed by atoms with van der Waals surface area (Å²) in [6.45, 7) is 4.59. The van der Waals surface area contributed by atoms with Gasteiger partial charge >= 0.3 is 8.56 Å². The van der Waals surface area contributed by atoms with Gasteiger partial charge in [-0.25, -0.2) is 0 Å². The van der Waals surface area contributed by atoms with Crippen LogP contribution in [0.4, 0.5) is 0 Å². The summed E-state index contributed by atoms with van der Waals surface area (Å²) in [6, 6.07) is 2.37. The van der Waals surface area contributed by atoms with Gasteiger partial charge < -0.3 is 8.85 Å². The first kappa shape index (κ1) is 33.1. The first-order chi connectivity index (χ1) is 16.2. The fourth-order valence-electron chi connectivity index (χ4n) is 5.09. The summed E-state index contributed by atoms with van der Waals surface area (Å²) in [7, 11) is 1.86. The van der Waals surface area contributed by atoms with Crippen molar-refractivity contribution in [3.05, 3.63) is 0 Å². The van der Waals surface area contributed by atoms with Gasteiger partial charge in [-0.15, -0.1) is 0 Å². The van der Waals surface area contributed by atoms with Crippen molar-refractivity contribution in [3.8, 4) is 0 Å². The van der Waals surface area contributed by atoms with Crippen LogP contribution >= 0.6 is 0 Å². The molecule has 3 heteroatoms. The van der Waals surface area contributed by atoms with E-state index in [2.05, 4.69) is 13.8 Å². The van der Waals surface area contributed by atoms with Gasteiger partial charge in [-0.1, -0.05) is 168 Å². The van der Waals surface area contributed by atoms with Crippen LogP contribution in [0.3, 0.4) is 0 Å². The highest BCUT2D eigenvalue weighted by molar-refractivity contribution is 6.67. The zero-order valence-corrected chi connectivity index (χ0v) is 24.7. The summed E-state index contributed by atoms with van der Waals surface area (Å²) in [5.41, 5.74) is 0. The quantitative estimate of drug-likeness (QED) is 0.0811. The molecule has 0 aliphatic carbocycles. The maximum absolute atomic E-state index is 5.96. The van der Waals surface area contributed by atoms with E-state index in [4.69, 9.17) is 8.85 Å². The zero-order chi connectivity index (χ0) is 24.3. The van der Waals surface area contributed by atoms with Crippen LogP contribution < -0.4 is 0 Å². The predicted molar refractivity (Wildman–Crippen MR) is 152 cm³/mol. The normalized spacial score (nSPS) is 12.0. The molecule has 0 aromatic carbocycles. The van der Waals surface area contributed by atoms with E-state index in [9.17, 15) is 0 Å². The standard InChI is InChI=1S/C30H64O2Si/c1-5-7-9-11-13-14-15-16-17-18-19-20-21-22-23-24-26-28-30-33(31-3,32-4)29-27-25-12-10-8-6-2/h5-30H2,1-4H3. The van der Waals surface area contributed by atoms with Gasteiger partial charge in [-0.3, -0.25) is 0 Å². The van der Waals surface area contributed by atoms with E-state index < -0.39 is 8.56 Å². The summed E-state index contributed by atoms with van der Waals surface area (Å²) in [6.07, 6.45) is 33.9. The predicted octanol–water partition coefficient (Wildman–Crippen LogP) is 11.1. The molecule has 0 spiro atoms. The van der Waals surface area contributed by atoms with Gasteiger partial charge in [0.25, 0.3) is 0 Å². The Labute approximate surface area is 211 Å². The summed E-state index contributed by atoms with van der Waals surface area (Å²) in [5.74, 6) is 0. The Kier molecular flexibility index (Phi) is 26.8. The van der Waals surface area contributed by atoms with Crippen LogP contribution in [-0.4, -0.2) is 22.8 Å². The molecule has 0 aromatic rings. The molecule has 0 atom stereocenters. The molecular weight excluding hydrogens is 420 g/mol. The minimum Gasteiger partial charge on any atom is -0.398 e. The second-order valence-corrected chi connectivity index (χ2v) is 14.2. The third-order valence-electron chi connectivity index (χ3n) is 7.57. The largest absolute Gasteiger partial charge is 0.398 e. The van der Waals surface area contributed by atoms with Gasteiger partial charge in [0.05, 0.1) is 0 Å². The fraction of sp³-hybridized carbons (Fsp3) is 1.00. The number of hydrogen-bond acceptors (Lipinski definition) is 2. The van der Waals surface area contributed by atoms with E-state index in [1.807, 2.05) is 14.2 Å². The molecule has 33 heavy (non-hydrogen) atoms. The van der Waals surface area contributed by atoms with E-state index in [0.717, 1.165) is 0 Å². The molecule has 0 saturated heterocycles. The highest BCUT2D eigenvalue weighted by Crippen LogP contribution is 2.25. The number of hydrogen-bond donors (Lipinski definition) is 0. The molecule has 0 fully saturated rings. The van der Waals surface area contributed by atoms with Crippen LogP contribution in [-0.2, 0) is 8.85 Å². The van der Waals surface area contributed by atoms with Crippen LogP contribution in [0.2, 0.25) is 12.1 Å². The molecule has 0 saturated carbocycles. The van der Waals surface area contributed by atoms with Gasteiger partial charge in [0.15, 0.2) is 0 Å². The lowest BCUT2D eigenvalue weighted by atomic mass is 10.0. The van der Waals surface area contributed by atoms with Gasteiger partial charge in [0.1, 0.15) is 0 Å². The molecular formula is C30H64O2Si. The zero-order valence-electron chi connectivity index (χ0n) is 23.7. The van der Waals surface area contributed by atoms with Crippen molar-refractivity contribution >= 4 is 8.56 Å². The second-order valence-electron chi connectivity index (χ2n) is 10.6. The summed E-state index contributed by atoms with van der Waals surface area (Å²) in [4.78, 5) is 0. The van der Waals surface area contributed by atoms with Crippen LogP contribution in [0.5, 0.6) is 0 Å². The monoisotopic (exact) mass is 484 g/mol. The highest BCUT2D eigenvalue weighted by atomic mass is 28.4. The molecule has 0 aliphatic heterocycles. The van der Waals surface area contributed by atoms with Crippen molar-refractivity contribution < 1.29 is 8.85 Å². The molecule has 0 unspecified atom stereocenters. The molecule has 0 heterocycles. The van der Waals surface area contributed by atoms with E-state index in [1.54, 1.807) is 0 Å². The van der Waals surface area contributed by atoms with Crippen LogP contribution in [0.1, 0.15) is 168 Å². The van der Waals surface area contributed by atoms with Crippen molar-refractivity contribution in [1.29, 1.82) is 0 Å². The maximum atomic E-state index is 5.96. The van der Waals surface area contributed by atoms with Gasteiger partial charge in [0, 0.05) is 14.2 Å². The van der Waals surface area contributed by atoms with Crippen molar-refractivity contribution in [2.24, 2.45) is 0 Å². The first-order valence-corrected chi connectivity index (χ1v) is 17.6. The lowest BCUT2D eigenvalue weighted by Gasteiger charge is -2.27. The molecule has 0 bridgehead atoms. The molecule has 0 N–H and O–H groups in total. The number of unbranched alkanes of at least 4 members (excludes halogenated alkanes) is 22. The third-order valence-corrected chi connectivity index (χ3v) is 11.3. The molecule has 0 rings (SSSR count). The third kappa shape index (κ3) is 22.4. The van der Waals surface area contributed by atoms with E-state index in [0.29, 0.717) is 0 Å². The van der Waals surface area contributed by atoms with E-state index in [-0.39, 0.29) is 0 Å². The molecule has 0 aliphatic rings. The van der Waals surface area contributed by atoms with E-state index in [1.165, 1.54) is 166 Å². The highest BCUT2D eigenvalue weighted by Gasteiger charge is 2.33. The topological polar surface area (TPSA) is 18.5 Å². The average molecular weight is 485 g/mol. The fourth-order valence-corrected chi connectivity index (χ4v) is 7.90. The lowest BCUT2D eigenvalue weighted by molar-refractivity contribution is 0.238. The Morgan fingerprint density at radius 3 is 0.758 bits per heavy atom. The maximum Gasteiger partial charge on any atom is 0.337 e. The Balaban J connectivity index is 3.44. The van der Waals surface area contributed by atoms with Crippen molar-refractivity contribution in [2.45, 2.75) is 180 Å². The molecule has 2 nitrogen and oxygen atoms in total. The van der Waals surface area contributed by atoms with Crippen molar-refractivity contribution in [1.82, 2.24) is 0 Å². The van der Waals surface area contributed by atoms with Crippen molar-refractivity contribution in [3.63, 3.8) is 0 Å². The van der Waals surface area contributed by atoms with Crippen LogP contribution in [0.15, 0.2) is 0 Å². The summed E-state index contributed by atoms with van der Waals surface area (Å²) < 4.78 is 11.9. The summed E-state index contributed by atoms with van der Waals surface area (Å²) >= 11 is 0. The SMILES string of the molecule is CCCCCCCCCCCCCCCCCCCC[Si](CCCCCCCC)(OC)OC. The van der Waals surface area contributed by atoms with Gasteiger partial charge in [0.2, 0.25) is 0 Å². The molecule has 200 valence electrons. The van der Waals surface area contributed by atoms with Gasteiger partial charge in [-0.05, 0) is 12.1 Å². The lowest BCUT2D eigenvalue weighted by Crippen LogP contribution is -2.39. The second kappa shape index (κ2) is 26.7. The van der Waals surface area contributed by atoms with Crippen molar-refractivity contribution in [2.75, 3.05) is 14.2 Å². The molecule has 0 radical (unpaired) electrons. The Morgan fingerprint density at radius 2 is 0.545 bits per heavy atom. The molecule has 0 aromatic heterocycles. The minimum absolute atomic E-state index is 1.19. The number of rotatable bonds is 28. The Bertz CT molecular complexity index is 357. The van der Waals surface area contributed by atoms with Crippen LogP contribution in [0.25, 0.3) is 0 Å². The van der Waals surface area contributed by atoms with E-state index >= 15 is 0 Å². The first-order valence-electron chi connectivity index (χ1n) is 15.3. The van der Waals surface area contributed by atoms with Gasteiger partial charge in [-0.2, -0.15) is 0 Å². The smallest absolute Gasteiger partial charge is 0.337 e. The molecule has 0 amide bonds.